The zero-order valence-corrected chi connectivity index (χ0v) is 22.3. The molecule has 0 unspecified atom stereocenters. The Morgan fingerprint density at radius 1 is 0.711 bits per heavy atom. The predicted molar refractivity (Wildman–Crippen MR) is 154 cm³/mol. The van der Waals surface area contributed by atoms with E-state index in [9.17, 15) is 14.7 Å². The Bertz CT molecular complexity index is 1460. The van der Waals surface area contributed by atoms with E-state index < -0.39 is 0 Å². The van der Waals surface area contributed by atoms with Crippen LogP contribution in [-0.2, 0) is 6.42 Å². The molecule has 0 saturated heterocycles. The van der Waals surface area contributed by atoms with Crippen LogP contribution in [0.2, 0.25) is 0 Å². The minimum atomic E-state index is -0.158. The zero-order chi connectivity index (χ0) is 26.5. The van der Waals surface area contributed by atoms with Crippen LogP contribution in [0.3, 0.4) is 0 Å². The van der Waals surface area contributed by atoms with E-state index in [0.29, 0.717) is 27.9 Å². The lowest BCUT2D eigenvalue weighted by atomic mass is 9.83. The maximum Gasteiger partial charge on any atom is 0.196 e. The van der Waals surface area contributed by atoms with Crippen molar-refractivity contribution in [3.05, 3.63) is 113 Å². The van der Waals surface area contributed by atoms with Gasteiger partial charge in [0.2, 0.25) is 0 Å². The van der Waals surface area contributed by atoms with Gasteiger partial charge < -0.3 is 10.4 Å². The normalized spacial score (nSPS) is 12.2. The standard InChI is InChI=1S/C33H31NO3S/c1-2-3-4-5-6-9-22-14-16-23(17-15-22)34-28-12-7-10-26-30(28)32(36)27-11-8-13-29(31(27)33(26)37)38-25-20-18-24(35)19-21-25/h7-8,10-21,34-35H,2-6,9H2,1H3. The van der Waals surface area contributed by atoms with Crippen LogP contribution in [-0.4, -0.2) is 16.7 Å². The molecule has 0 aromatic heterocycles. The number of unbranched alkanes of at least 4 members (excludes halogenated alkanes) is 4. The number of fused-ring (bicyclic) bond motifs is 2. The lowest BCUT2D eigenvalue weighted by Crippen LogP contribution is -2.23. The molecule has 192 valence electrons. The molecule has 2 N–H and O–H groups in total. The second kappa shape index (κ2) is 11.7. The van der Waals surface area contributed by atoms with Gasteiger partial charge in [-0.3, -0.25) is 9.59 Å². The summed E-state index contributed by atoms with van der Waals surface area (Å²) in [5.74, 6) is -0.130. The summed E-state index contributed by atoms with van der Waals surface area (Å²) in [5, 5.41) is 13.0. The Hall–Kier alpha value is -3.83. The van der Waals surface area contributed by atoms with Gasteiger partial charge in [0.25, 0.3) is 0 Å². The SMILES string of the molecule is CCCCCCCc1ccc(Nc2cccc3c2C(=O)c2cccc(Sc4ccc(O)cc4)c2C3=O)cc1. The molecule has 4 nitrogen and oxygen atoms in total. The molecule has 5 heteroatoms. The summed E-state index contributed by atoms with van der Waals surface area (Å²) in [6.07, 6.45) is 7.37. The van der Waals surface area contributed by atoms with Gasteiger partial charge in [-0.05, 0) is 66.9 Å². The first-order valence-corrected chi connectivity index (χ1v) is 14.0. The topological polar surface area (TPSA) is 66.4 Å². The van der Waals surface area contributed by atoms with Gasteiger partial charge in [-0.15, -0.1) is 0 Å². The van der Waals surface area contributed by atoms with Gasteiger partial charge in [-0.25, -0.2) is 0 Å². The first kappa shape index (κ1) is 25.8. The molecule has 0 saturated carbocycles. The van der Waals surface area contributed by atoms with E-state index in [4.69, 9.17) is 0 Å². The van der Waals surface area contributed by atoms with Crippen molar-refractivity contribution in [2.75, 3.05) is 5.32 Å². The summed E-state index contributed by atoms with van der Waals surface area (Å²) in [7, 11) is 0. The maximum absolute atomic E-state index is 13.7. The highest BCUT2D eigenvalue weighted by Crippen LogP contribution is 2.39. The van der Waals surface area contributed by atoms with Crippen molar-refractivity contribution >= 4 is 34.7 Å². The highest BCUT2D eigenvalue weighted by atomic mass is 32.2. The number of nitrogens with one attached hydrogen (secondary N) is 1. The molecule has 0 amide bonds. The smallest absolute Gasteiger partial charge is 0.196 e. The van der Waals surface area contributed by atoms with Crippen molar-refractivity contribution < 1.29 is 14.7 Å². The molecule has 4 aromatic carbocycles. The number of ketones is 2. The van der Waals surface area contributed by atoms with Gasteiger partial charge in [0.05, 0.1) is 11.3 Å². The molecule has 0 aliphatic heterocycles. The summed E-state index contributed by atoms with van der Waals surface area (Å²) in [4.78, 5) is 29.0. The molecule has 1 aliphatic carbocycles. The highest BCUT2D eigenvalue weighted by Gasteiger charge is 2.33. The lowest BCUT2D eigenvalue weighted by molar-refractivity contribution is 0.0977. The Morgan fingerprint density at radius 2 is 1.37 bits per heavy atom. The summed E-state index contributed by atoms with van der Waals surface area (Å²) in [5.41, 5.74) is 4.50. The van der Waals surface area contributed by atoms with Crippen LogP contribution in [0, 0.1) is 0 Å². The second-order valence-corrected chi connectivity index (χ2v) is 10.8. The van der Waals surface area contributed by atoms with Gasteiger partial charge >= 0.3 is 0 Å². The molecule has 0 spiro atoms. The molecule has 0 bridgehead atoms. The molecule has 0 fully saturated rings. The van der Waals surface area contributed by atoms with Crippen LogP contribution in [0.15, 0.2) is 94.7 Å². The van der Waals surface area contributed by atoms with Crippen LogP contribution in [0.25, 0.3) is 0 Å². The molecule has 1 aliphatic rings. The van der Waals surface area contributed by atoms with E-state index in [1.807, 2.05) is 36.4 Å². The number of aryl methyl sites for hydroxylation is 1. The van der Waals surface area contributed by atoms with Crippen molar-refractivity contribution in [3.63, 3.8) is 0 Å². The van der Waals surface area contributed by atoms with E-state index in [-0.39, 0.29) is 17.3 Å². The van der Waals surface area contributed by atoms with Crippen LogP contribution in [0.4, 0.5) is 11.4 Å². The van der Waals surface area contributed by atoms with Crippen molar-refractivity contribution in [3.8, 4) is 5.75 Å². The monoisotopic (exact) mass is 521 g/mol. The average Bonchev–Trinajstić information content (AvgIpc) is 2.93. The van der Waals surface area contributed by atoms with Gasteiger partial charge in [-0.2, -0.15) is 0 Å². The number of benzene rings is 4. The van der Waals surface area contributed by atoms with Gasteiger partial charge in [-0.1, -0.05) is 80.8 Å². The summed E-state index contributed by atoms with van der Waals surface area (Å²) < 4.78 is 0. The van der Waals surface area contributed by atoms with E-state index >= 15 is 0 Å². The van der Waals surface area contributed by atoms with Crippen LogP contribution >= 0.6 is 11.8 Å². The lowest BCUT2D eigenvalue weighted by Gasteiger charge is -2.22. The summed E-state index contributed by atoms with van der Waals surface area (Å²) in [6, 6.07) is 25.9. The van der Waals surface area contributed by atoms with Crippen molar-refractivity contribution in [2.24, 2.45) is 0 Å². The first-order valence-electron chi connectivity index (χ1n) is 13.2. The quantitative estimate of drug-likeness (QED) is 0.180. The van der Waals surface area contributed by atoms with E-state index in [1.54, 1.807) is 36.4 Å². The summed E-state index contributed by atoms with van der Waals surface area (Å²) in [6.45, 7) is 2.23. The molecule has 38 heavy (non-hydrogen) atoms. The van der Waals surface area contributed by atoms with Crippen LogP contribution in [0.5, 0.6) is 5.75 Å². The highest BCUT2D eigenvalue weighted by molar-refractivity contribution is 7.99. The van der Waals surface area contributed by atoms with E-state index in [0.717, 1.165) is 21.9 Å². The molecule has 4 aromatic rings. The Kier molecular flexibility index (Phi) is 7.94. The molecule has 0 atom stereocenters. The third-order valence-corrected chi connectivity index (χ3v) is 7.97. The fraction of sp³-hybridized carbons (Fsp3) is 0.212. The van der Waals surface area contributed by atoms with Crippen LogP contribution in [0.1, 0.15) is 76.4 Å². The zero-order valence-electron chi connectivity index (χ0n) is 21.5. The van der Waals surface area contributed by atoms with Crippen LogP contribution < -0.4 is 5.32 Å². The number of hydrogen-bond acceptors (Lipinski definition) is 5. The number of carbonyl (C=O) groups is 2. The number of hydrogen-bond donors (Lipinski definition) is 2. The van der Waals surface area contributed by atoms with Crippen molar-refractivity contribution in [1.82, 2.24) is 0 Å². The van der Waals surface area contributed by atoms with Gasteiger partial charge in [0.15, 0.2) is 11.6 Å². The molecular formula is C33H31NO3S. The fourth-order valence-electron chi connectivity index (χ4n) is 4.88. The van der Waals surface area contributed by atoms with Gasteiger partial charge in [0, 0.05) is 32.2 Å². The fourth-order valence-corrected chi connectivity index (χ4v) is 5.86. The number of anilines is 2. The largest absolute Gasteiger partial charge is 0.508 e. The average molecular weight is 522 g/mol. The number of phenols is 1. The summed E-state index contributed by atoms with van der Waals surface area (Å²) >= 11 is 1.41. The number of rotatable bonds is 10. The predicted octanol–water partition coefficient (Wildman–Crippen LogP) is 8.58. The number of phenolic OH excluding ortho intramolecular Hbond substituents is 1. The van der Waals surface area contributed by atoms with E-state index in [2.05, 4.69) is 24.4 Å². The van der Waals surface area contributed by atoms with Crippen molar-refractivity contribution in [1.29, 1.82) is 0 Å². The minimum absolute atomic E-state index is 0.154. The Morgan fingerprint density at radius 3 is 2.11 bits per heavy atom. The number of carbonyl (C=O) groups excluding carboxylic acids is 2. The van der Waals surface area contributed by atoms with Crippen molar-refractivity contribution in [2.45, 2.75) is 55.2 Å². The maximum atomic E-state index is 13.7. The molecule has 0 radical (unpaired) electrons. The first-order chi connectivity index (χ1) is 18.5. The number of aromatic hydroxyl groups is 1. The Balaban J connectivity index is 1.37. The molecule has 5 rings (SSSR count). The second-order valence-electron chi connectivity index (χ2n) is 9.65. The van der Waals surface area contributed by atoms with E-state index in [1.165, 1.54) is 49.4 Å². The third kappa shape index (κ3) is 5.53. The molecule has 0 heterocycles. The minimum Gasteiger partial charge on any atom is -0.508 e. The Labute approximate surface area is 228 Å². The third-order valence-electron chi connectivity index (χ3n) is 6.90. The van der Waals surface area contributed by atoms with Gasteiger partial charge in [0.1, 0.15) is 5.75 Å². The molecular weight excluding hydrogens is 490 g/mol.